The molecule has 10 nitrogen and oxygen atoms in total. The number of nitrogens with one attached hydrogen (secondary N) is 2. The Morgan fingerprint density at radius 2 is 1.58 bits per heavy atom. The van der Waals surface area contributed by atoms with Crippen LogP contribution in [0.5, 0.6) is 0 Å². The largest absolute Gasteiger partial charge is 0.356 e. The fourth-order valence-electron chi connectivity index (χ4n) is 5.93. The highest BCUT2D eigenvalue weighted by Crippen LogP contribution is 2.23. The molecule has 234 valence electrons. The second-order valence-electron chi connectivity index (χ2n) is 12.0. The average Bonchev–Trinajstić information content (AvgIpc) is 3.66. The number of piperidine rings is 1. The lowest BCUT2D eigenvalue weighted by Crippen LogP contribution is -2.39. The number of carbonyl (C=O) groups is 4. The Kier molecular flexibility index (Phi) is 12.6. The Balaban J connectivity index is 0.986. The highest BCUT2D eigenvalue weighted by Gasteiger charge is 2.31. The third-order valence-corrected chi connectivity index (χ3v) is 8.68. The van der Waals surface area contributed by atoms with Gasteiger partial charge in [-0.05, 0) is 31.2 Å². The van der Waals surface area contributed by atoms with E-state index in [-0.39, 0.29) is 35.6 Å². The summed E-state index contributed by atoms with van der Waals surface area (Å²) < 4.78 is 1.88. The van der Waals surface area contributed by atoms with Crippen LogP contribution in [0.4, 0.5) is 0 Å². The fourth-order valence-corrected chi connectivity index (χ4v) is 5.93. The molecule has 0 bridgehead atoms. The molecule has 2 aliphatic heterocycles. The zero-order valence-electron chi connectivity index (χ0n) is 25.6. The highest BCUT2D eigenvalue weighted by molar-refractivity contribution is 5.93. The average molecular weight is 593 g/mol. The van der Waals surface area contributed by atoms with Crippen molar-refractivity contribution in [2.24, 2.45) is 5.92 Å². The summed E-state index contributed by atoms with van der Waals surface area (Å²) in [5, 5.41) is 10.4. The molecule has 1 aromatic heterocycles. The number of unbranched alkanes of at least 4 members (excludes halogenated alkanes) is 7. The first-order valence-corrected chi connectivity index (χ1v) is 16.1. The van der Waals surface area contributed by atoms with Crippen molar-refractivity contribution in [2.45, 2.75) is 89.6 Å². The Bertz CT molecular complexity index is 1190. The first-order valence-electron chi connectivity index (χ1n) is 16.1. The molecule has 0 radical (unpaired) electrons. The highest BCUT2D eigenvalue weighted by atomic mass is 16.2. The lowest BCUT2D eigenvalue weighted by Gasteiger charge is -2.32. The molecule has 1 aromatic carbocycles. The van der Waals surface area contributed by atoms with Gasteiger partial charge >= 0.3 is 0 Å². The molecule has 2 aromatic rings. The van der Waals surface area contributed by atoms with Crippen molar-refractivity contribution in [1.29, 1.82) is 0 Å². The number of benzene rings is 1. The lowest BCUT2D eigenvalue weighted by molar-refractivity contribution is -0.132. The van der Waals surface area contributed by atoms with E-state index >= 15 is 0 Å². The van der Waals surface area contributed by atoms with Crippen LogP contribution in [0.25, 0.3) is 0 Å². The summed E-state index contributed by atoms with van der Waals surface area (Å²) in [4.78, 5) is 52.6. The molecule has 10 heteroatoms. The Hall–Kier alpha value is -3.69. The number of carbonyl (C=O) groups excluding carboxylic acids is 4. The summed E-state index contributed by atoms with van der Waals surface area (Å²) >= 11 is 0. The van der Waals surface area contributed by atoms with Gasteiger partial charge in [0.2, 0.25) is 17.7 Å². The van der Waals surface area contributed by atoms with Crippen molar-refractivity contribution < 1.29 is 19.2 Å². The molecule has 2 aliphatic rings. The SMILES string of the molecule is CN1CC(C(=O)NCCCCCCCCCCC(=O)N2CCC(n3cc(C(=O)NCc4ccccc4)cn3)CC2)CC1=O. The quantitative estimate of drug-likeness (QED) is 0.285. The van der Waals surface area contributed by atoms with Crippen molar-refractivity contribution in [1.82, 2.24) is 30.2 Å². The van der Waals surface area contributed by atoms with Gasteiger partial charge in [-0.3, -0.25) is 23.9 Å². The molecular weight excluding hydrogens is 544 g/mol. The van der Waals surface area contributed by atoms with Crippen LogP contribution in [0, 0.1) is 5.92 Å². The summed E-state index contributed by atoms with van der Waals surface area (Å²) in [5.74, 6) is -0.0246. The Labute approximate surface area is 255 Å². The third-order valence-electron chi connectivity index (χ3n) is 8.68. The van der Waals surface area contributed by atoms with Crippen LogP contribution in [0.3, 0.4) is 0 Å². The number of aromatic nitrogens is 2. The van der Waals surface area contributed by atoms with Gasteiger partial charge in [0.15, 0.2) is 0 Å². The minimum Gasteiger partial charge on any atom is -0.356 e. The number of hydrogen-bond donors (Lipinski definition) is 2. The smallest absolute Gasteiger partial charge is 0.254 e. The summed E-state index contributed by atoms with van der Waals surface area (Å²) in [7, 11) is 1.74. The van der Waals surface area contributed by atoms with Gasteiger partial charge in [-0.2, -0.15) is 5.10 Å². The van der Waals surface area contributed by atoms with E-state index in [1.165, 1.54) is 12.8 Å². The zero-order valence-corrected chi connectivity index (χ0v) is 25.6. The van der Waals surface area contributed by atoms with Crippen LogP contribution >= 0.6 is 0 Å². The third kappa shape index (κ3) is 10.2. The van der Waals surface area contributed by atoms with Crippen molar-refractivity contribution in [3.63, 3.8) is 0 Å². The molecule has 3 heterocycles. The number of rotatable bonds is 16. The van der Waals surface area contributed by atoms with Crippen molar-refractivity contribution in [3.8, 4) is 0 Å². The maximum atomic E-state index is 12.7. The number of nitrogens with zero attached hydrogens (tertiary/aromatic N) is 4. The summed E-state index contributed by atoms with van der Waals surface area (Å²) in [6, 6.07) is 10.0. The molecule has 2 saturated heterocycles. The van der Waals surface area contributed by atoms with Gasteiger partial charge in [-0.25, -0.2) is 0 Å². The van der Waals surface area contributed by atoms with Crippen LogP contribution in [0.1, 0.15) is 99.0 Å². The molecule has 1 unspecified atom stereocenters. The topological polar surface area (TPSA) is 117 Å². The van der Waals surface area contributed by atoms with E-state index in [0.717, 1.165) is 70.0 Å². The molecule has 1 atom stereocenters. The predicted molar refractivity (Wildman–Crippen MR) is 165 cm³/mol. The fraction of sp³-hybridized carbons (Fsp3) is 0.606. The minimum absolute atomic E-state index is 0.00398. The lowest BCUT2D eigenvalue weighted by atomic mass is 10.0. The van der Waals surface area contributed by atoms with Gasteiger partial charge in [0.1, 0.15) is 0 Å². The van der Waals surface area contributed by atoms with E-state index in [1.807, 2.05) is 46.1 Å². The Morgan fingerprint density at radius 1 is 0.907 bits per heavy atom. The minimum atomic E-state index is -0.196. The van der Waals surface area contributed by atoms with E-state index in [4.69, 9.17) is 0 Å². The zero-order chi connectivity index (χ0) is 30.4. The second-order valence-corrected chi connectivity index (χ2v) is 12.0. The van der Waals surface area contributed by atoms with Gasteiger partial charge in [0.25, 0.3) is 5.91 Å². The predicted octanol–water partition coefficient (Wildman–Crippen LogP) is 4.08. The first-order chi connectivity index (χ1) is 20.9. The molecule has 0 spiro atoms. The van der Waals surface area contributed by atoms with E-state index in [9.17, 15) is 19.2 Å². The van der Waals surface area contributed by atoms with Crippen LogP contribution in [-0.2, 0) is 20.9 Å². The maximum Gasteiger partial charge on any atom is 0.254 e. The van der Waals surface area contributed by atoms with Crippen LogP contribution in [-0.4, -0.2) is 76.4 Å². The second kappa shape index (κ2) is 16.8. The number of amides is 4. The van der Waals surface area contributed by atoms with Crippen LogP contribution in [0.2, 0.25) is 0 Å². The van der Waals surface area contributed by atoms with Crippen LogP contribution < -0.4 is 10.6 Å². The van der Waals surface area contributed by atoms with Crippen molar-refractivity contribution >= 4 is 23.6 Å². The molecule has 2 N–H and O–H groups in total. The molecule has 43 heavy (non-hydrogen) atoms. The standard InChI is InChI=1S/C33H48N6O4/c1-37-24-27(21-31(37)41)32(42)34-18-12-7-5-3-2-4-6-11-15-30(40)38-19-16-29(17-20-38)39-25-28(23-36-39)33(43)35-22-26-13-9-8-10-14-26/h8-10,13-14,23,25,27,29H,2-7,11-12,15-22,24H2,1H3,(H,34,42)(H,35,43). The number of likely N-dealkylation sites (tertiary alicyclic amines) is 2. The van der Waals surface area contributed by atoms with Crippen molar-refractivity contribution in [3.05, 3.63) is 53.9 Å². The van der Waals surface area contributed by atoms with E-state index in [0.29, 0.717) is 38.0 Å². The van der Waals surface area contributed by atoms with Crippen molar-refractivity contribution in [2.75, 3.05) is 33.2 Å². The summed E-state index contributed by atoms with van der Waals surface area (Å²) in [6.07, 6.45) is 14.8. The van der Waals surface area contributed by atoms with Gasteiger partial charge in [0.05, 0.1) is 23.7 Å². The normalized spacial score (nSPS) is 17.3. The molecule has 4 rings (SSSR count). The molecule has 2 fully saturated rings. The molecule has 0 saturated carbocycles. The Morgan fingerprint density at radius 3 is 2.26 bits per heavy atom. The van der Waals surface area contributed by atoms with Gasteiger partial charge in [-0.15, -0.1) is 0 Å². The monoisotopic (exact) mass is 592 g/mol. The van der Waals surface area contributed by atoms with Gasteiger partial charge in [-0.1, -0.05) is 68.9 Å². The van der Waals surface area contributed by atoms with Gasteiger partial charge < -0.3 is 20.4 Å². The summed E-state index contributed by atoms with van der Waals surface area (Å²) in [6.45, 7) is 3.16. The summed E-state index contributed by atoms with van der Waals surface area (Å²) in [5.41, 5.74) is 1.62. The molecular formula is C33H48N6O4. The maximum absolute atomic E-state index is 12.7. The molecule has 0 aliphatic carbocycles. The van der Waals surface area contributed by atoms with E-state index < -0.39 is 0 Å². The van der Waals surface area contributed by atoms with E-state index in [2.05, 4.69) is 15.7 Å². The van der Waals surface area contributed by atoms with Gasteiger partial charge in [0, 0.05) is 58.8 Å². The van der Waals surface area contributed by atoms with E-state index in [1.54, 1.807) is 18.1 Å². The van der Waals surface area contributed by atoms with Crippen LogP contribution in [0.15, 0.2) is 42.7 Å². The number of hydrogen-bond acceptors (Lipinski definition) is 5. The first kappa shape index (κ1) is 32.2. The molecule has 4 amide bonds.